The summed E-state index contributed by atoms with van der Waals surface area (Å²) < 4.78 is 5.18. The molecule has 0 bridgehead atoms. The molecule has 3 heterocycles. The molecule has 3 N–H and O–H groups in total. The number of nitrogens with two attached hydrogens (primary N) is 1. The van der Waals surface area contributed by atoms with Crippen molar-refractivity contribution in [2.45, 2.75) is 24.7 Å². The van der Waals surface area contributed by atoms with Crippen molar-refractivity contribution in [3.8, 4) is 0 Å². The van der Waals surface area contributed by atoms with Gasteiger partial charge in [0.2, 0.25) is 0 Å². The molecule has 3 rings (SSSR count). The summed E-state index contributed by atoms with van der Waals surface area (Å²) in [5.41, 5.74) is 7.34. The van der Waals surface area contributed by atoms with Crippen LogP contribution in [0.2, 0.25) is 0 Å². The summed E-state index contributed by atoms with van der Waals surface area (Å²) in [5.74, 6) is 0.696. The van der Waals surface area contributed by atoms with Gasteiger partial charge in [-0.15, -0.1) is 0 Å². The number of ether oxygens (including phenoxy) is 1. The second kappa shape index (κ2) is 5.84. The van der Waals surface area contributed by atoms with Crippen LogP contribution < -0.4 is 10.6 Å². The molecule has 8 nitrogen and oxygen atoms in total. The van der Waals surface area contributed by atoms with Gasteiger partial charge in [0.05, 0.1) is 18.8 Å². The van der Waals surface area contributed by atoms with E-state index in [1.54, 1.807) is 19.2 Å². The number of carbonyl (C=O) groups excluding carboxylic acids is 1. The van der Waals surface area contributed by atoms with E-state index in [9.17, 15) is 4.79 Å². The lowest BCUT2D eigenvalue weighted by molar-refractivity contribution is -0.144. The van der Waals surface area contributed by atoms with Crippen LogP contribution in [-0.4, -0.2) is 39.0 Å². The maximum absolute atomic E-state index is 12.4. The van der Waals surface area contributed by atoms with E-state index in [2.05, 4.69) is 20.2 Å². The van der Waals surface area contributed by atoms with Gasteiger partial charge in [0.1, 0.15) is 5.82 Å². The molecule has 0 aromatic carbocycles. The predicted octanol–water partition coefficient (Wildman–Crippen LogP) is 1.13. The minimum absolute atomic E-state index is 0.308. The van der Waals surface area contributed by atoms with E-state index in [0.717, 1.165) is 5.56 Å². The average Bonchev–Trinajstić information content (AvgIpc) is 3.08. The number of carbonyl (C=O) groups is 1. The lowest BCUT2D eigenvalue weighted by atomic mass is 10.2. The lowest BCUT2D eigenvalue weighted by Gasteiger charge is -2.24. The number of fused-ring (bicyclic) bond motifs is 1. The highest BCUT2D eigenvalue weighted by Gasteiger charge is 2.40. The Labute approximate surface area is 131 Å². The quantitative estimate of drug-likeness (QED) is 0.490. The number of hydrogen-bond acceptors (Lipinski definition) is 8. The van der Waals surface area contributed by atoms with E-state index in [4.69, 9.17) is 10.5 Å². The van der Waals surface area contributed by atoms with Gasteiger partial charge < -0.3 is 15.4 Å². The Hall–Kier alpha value is -2.29. The molecule has 0 aliphatic carbocycles. The highest BCUT2D eigenvalue weighted by molar-refractivity contribution is 7.98. The highest BCUT2D eigenvalue weighted by atomic mass is 32.2. The summed E-state index contributed by atoms with van der Waals surface area (Å²) in [6.07, 6.45) is 3.57. The molecule has 1 unspecified atom stereocenters. The van der Waals surface area contributed by atoms with Crippen molar-refractivity contribution in [3.05, 3.63) is 23.5 Å². The summed E-state index contributed by atoms with van der Waals surface area (Å²) in [6.45, 7) is 2.53. The predicted molar refractivity (Wildman–Crippen MR) is 82.4 cm³/mol. The Balaban J connectivity index is 2.01. The zero-order valence-corrected chi connectivity index (χ0v) is 13.1. The van der Waals surface area contributed by atoms with Crippen LogP contribution in [0.1, 0.15) is 24.2 Å². The fraction of sp³-hybridized carbons (Fsp3) is 0.385. The topological polar surface area (TPSA) is 110 Å². The van der Waals surface area contributed by atoms with Crippen LogP contribution in [0.25, 0.3) is 0 Å². The van der Waals surface area contributed by atoms with Gasteiger partial charge in [0.15, 0.2) is 17.0 Å². The van der Waals surface area contributed by atoms with Gasteiger partial charge >= 0.3 is 5.97 Å². The standard InChI is InChI=1S/C13H16N6O2S/c1-3-21-12(20)10-9-7(11(14)18-17-9)6-19(10)8-4-5-15-13(16-8)22-2/h4-5,10H,3,6H2,1-2H3,(H3,14,17,18). The second-order valence-electron chi connectivity index (χ2n) is 4.69. The van der Waals surface area contributed by atoms with Crippen LogP contribution in [0.15, 0.2) is 17.4 Å². The van der Waals surface area contributed by atoms with Crippen molar-refractivity contribution < 1.29 is 9.53 Å². The van der Waals surface area contributed by atoms with Gasteiger partial charge in [-0.25, -0.2) is 14.8 Å². The van der Waals surface area contributed by atoms with Crippen LogP contribution in [0.5, 0.6) is 0 Å². The third kappa shape index (κ3) is 2.37. The summed E-state index contributed by atoms with van der Waals surface area (Å²) in [4.78, 5) is 22.8. The molecule has 116 valence electrons. The number of H-pyrrole nitrogens is 1. The van der Waals surface area contributed by atoms with Crippen LogP contribution >= 0.6 is 11.8 Å². The molecule has 0 fully saturated rings. The van der Waals surface area contributed by atoms with Crippen LogP contribution in [0.4, 0.5) is 11.6 Å². The monoisotopic (exact) mass is 320 g/mol. The number of nitrogens with one attached hydrogen (secondary N) is 1. The number of nitrogen functional groups attached to an aromatic ring is 1. The minimum Gasteiger partial charge on any atom is -0.464 e. The molecule has 2 aromatic heterocycles. The van der Waals surface area contributed by atoms with Crippen LogP contribution in [0, 0.1) is 0 Å². The number of esters is 1. The molecular weight excluding hydrogens is 304 g/mol. The van der Waals surface area contributed by atoms with Gasteiger partial charge in [-0.1, -0.05) is 11.8 Å². The number of rotatable bonds is 4. The number of hydrogen-bond donors (Lipinski definition) is 2. The first kappa shape index (κ1) is 14.6. The molecule has 0 saturated heterocycles. The second-order valence-corrected chi connectivity index (χ2v) is 5.46. The molecule has 9 heteroatoms. The van der Waals surface area contributed by atoms with Crippen molar-refractivity contribution in [2.24, 2.45) is 0 Å². The fourth-order valence-electron chi connectivity index (χ4n) is 2.47. The Kier molecular flexibility index (Phi) is 3.88. The maximum atomic E-state index is 12.4. The summed E-state index contributed by atoms with van der Waals surface area (Å²) in [5, 5.41) is 7.45. The Bertz CT molecular complexity index is 704. The summed E-state index contributed by atoms with van der Waals surface area (Å²) in [6, 6.07) is 1.14. The Morgan fingerprint density at radius 1 is 1.64 bits per heavy atom. The van der Waals surface area contributed by atoms with Gasteiger partial charge in [-0.2, -0.15) is 5.10 Å². The zero-order chi connectivity index (χ0) is 15.7. The first-order valence-electron chi connectivity index (χ1n) is 6.78. The number of aromatic amines is 1. The number of anilines is 2. The largest absolute Gasteiger partial charge is 0.464 e. The SMILES string of the molecule is CCOC(=O)C1c2[nH]nc(N)c2CN1c1ccnc(SC)n1. The molecule has 0 saturated carbocycles. The van der Waals surface area contributed by atoms with Crippen LogP contribution in [0.3, 0.4) is 0 Å². The minimum atomic E-state index is -0.621. The molecule has 0 spiro atoms. The fourth-order valence-corrected chi connectivity index (χ4v) is 2.82. The first-order valence-corrected chi connectivity index (χ1v) is 8.01. The van der Waals surface area contributed by atoms with Crippen LogP contribution in [-0.2, 0) is 16.1 Å². The smallest absolute Gasteiger partial charge is 0.335 e. The third-order valence-corrected chi connectivity index (χ3v) is 4.01. The van der Waals surface area contributed by atoms with Gasteiger partial charge in [-0.05, 0) is 19.2 Å². The van der Waals surface area contributed by atoms with E-state index in [-0.39, 0.29) is 5.97 Å². The molecule has 22 heavy (non-hydrogen) atoms. The van der Waals surface area contributed by atoms with Crippen molar-refractivity contribution in [2.75, 3.05) is 23.5 Å². The lowest BCUT2D eigenvalue weighted by Crippen LogP contribution is -2.31. The molecule has 0 amide bonds. The van der Waals surface area contributed by atoms with Gasteiger partial charge in [0.25, 0.3) is 0 Å². The molecule has 2 aromatic rings. The third-order valence-electron chi connectivity index (χ3n) is 3.45. The van der Waals surface area contributed by atoms with Crippen molar-refractivity contribution >= 4 is 29.4 Å². The molecule has 1 atom stereocenters. The van der Waals surface area contributed by atoms with Gasteiger partial charge in [0, 0.05) is 11.8 Å². The Morgan fingerprint density at radius 3 is 3.18 bits per heavy atom. The summed E-state index contributed by atoms with van der Waals surface area (Å²) >= 11 is 1.44. The maximum Gasteiger partial charge on any atom is 0.335 e. The van der Waals surface area contributed by atoms with E-state index in [1.165, 1.54) is 11.8 Å². The molecular formula is C13H16N6O2S. The van der Waals surface area contributed by atoms with E-state index < -0.39 is 6.04 Å². The molecule has 1 aliphatic heterocycles. The van der Waals surface area contributed by atoms with Crippen molar-refractivity contribution in [3.63, 3.8) is 0 Å². The molecule has 0 radical (unpaired) electrons. The number of aromatic nitrogens is 4. The Morgan fingerprint density at radius 2 is 2.45 bits per heavy atom. The number of nitrogens with zero attached hydrogens (tertiary/aromatic N) is 4. The van der Waals surface area contributed by atoms with E-state index in [1.807, 2.05) is 11.2 Å². The zero-order valence-electron chi connectivity index (χ0n) is 12.2. The first-order chi connectivity index (χ1) is 10.7. The van der Waals surface area contributed by atoms with E-state index >= 15 is 0 Å². The van der Waals surface area contributed by atoms with Gasteiger partial charge in [-0.3, -0.25) is 5.10 Å². The number of thioether (sulfide) groups is 1. The summed E-state index contributed by atoms with van der Waals surface area (Å²) in [7, 11) is 0. The highest BCUT2D eigenvalue weighted by Crippen LogP contribution is 2.38. The average molecular weight is 320 g/mol. The van der Waals surface area contributed by atoms with E-state index in [0.29, 0.717) is 35.6 Å². The molecule has 1 aliphatic rings. The van der Waals surface area contributed by atoms with Crippen molar-refractivity contribution in [1.29, 1.82) is 0 Å². The normalized spacial score (nSPS) is 16.6. The van der Waals surface area contributed by atoms with Crippen molar-refractivity contribution in [1.82, 2.24) is 20.2 Å².